The van der Waals surface area contributed by atoms with Crippen molar-refractivity contribution in [1.82, 2.24) is 19.5 Å². The Labute approximate surface area is 173 Å². The summed E-state index contributed by atoms with van der Waals surface area (Å²) in [7, 11) is 0. The van der Waals surface area contributed by atoms with Gasteiger partial charge in [0.25, 0.3) is 0 Å². The smallest absolute Gasteiger partial charge is 0.177 e. The third-order valence-electron chi connectivity index (χ3n) is 6.76. The van der Waals surface area contributed by atoms with E-state index in [4.69, 9.17) is 10.5 Å². The minimum Gasteiger partial charge on any atom is -0.394 e. The van der Waals surface area contributed by atoms with E-state index in [1.54, 1.807) is 4.57 Å². The maximum absolute atomic E-state index is 11.2. The Morgan fingerprint density at radius 3 is 2.53 bits per heavy atom. The largest absolute Gasteiger partial charge is 0.394 e. The van der Waals surface area contributed by atoms with E-state index in [0.717, 1.165) is 24.8 Å². The van der Waals surface area contributed by atoms with Crippen molar-refractivity contribution in [2.75, 3.05) is 12.3 Å². The number of rotatable bonds is 5. The number of aliphatic hydroxyl groups is 3. The maximum Gasteiger partial charge on any atom is 0.177 e. The first-order valence-corrected chi connectivity index (χ1v) is 10.2. The number of ether oxygens (including phenoxy) is 1. The van der Waals surface area contributed by atoms with Crippen LogP contribution in [0.4, 0.5) is 5.82 Å². The van der Waals surface area contributed by atoms with Crippen LogP contribution in [-0.2, 0) is 15.9 Å². The lowest BCUT2D eigenvalue weighted by atomic mass is 9.60. The van der Waals surface area contributed by atoms with E-state index in [1.165, 1.54) is 12.7 Å². The summed E-state index contributed by atoms with van der Waals surface area (Å²) in [6.07, 6.45) is 2.70. The third kappa shape index (κ3) is 2.66. The zero-order valence-corrected chi connectivity index (χ0v) is 16.4. The van der Waals surface area contributed by atoms with Gasteiger partial charge in [-0.3, -0.25) is 4.57 Å². The molecule has 4 atom stereocenters. The van der Waals surface area contributed by atoms with Gasteiger partial charge in [0, 0.05) is 6.42 Å². The summed E-state index contributed by atoms with van der Waals surface area (Å²) in [6.45, 7) is -0.415. The molecule has 1 aliphatic carbocycles. The minimum absolute atomic E-state index is 0.224. The molecule has 3 aromatic rings. The Morgan fingerprint density at radius 1 is 1.13 bits per heavy atom. The molecular formula is C21H25N5O4. The van der Waals surface area contributed by atoms with Crippen LogP contribution in [0, 0.1) is 0 Å². The predicted molar refractivity (Wildman–Crippen MR) is 108 cm³/mol. The van der Waals surface area contributed by atoms with Gasteiger partial charge in [0.2, 0.25) is 0 Å². The van der Waals surface area contributed by atoms with Gasteiger partial charge in [-0.2, -0.15) is 0 Å². The van der Waals surface area contributed by atoms with E-state index in [1.807, 2.05) is 18.2 Å². The first kappa shape index (κ1) is 19.4. The summed E-state index contributed by atoms with van der Waals surface area (Å²) in [4.78, 5) is 12.6. The normalized spacial score (nSPS) is 30.4. The van der Waals surface area contributed by atoms with Gasteiger partial charge in [0.15, 0.2) is 17.2 Å². The summed E-state index contributed by atoms with van der Waals surface area (Å²) in [6, 6.07) is 10.1. The first-order valence-electron chi connectivity index (χ1n) is 10.2. The van der Waals surface area contributed by atoms with E-state index in [2.05, 4.69) is 27.1 Å². The van der Waals surface area contributed by atoms with Crippen LogP contribution in [0.5, 0.6) is 0 Å². The number of hydrogen-bond acceptors (Lipinski definition) is 8. The van der Waals surface area contributed by atoms with Gasteiger partial charge in [0.1, 0.15) is 30.2 Å². The van der Waals surface area contributed by atoms with E-state index in [0.29, 0.717) is 17.6 Å². The van der Waals surface area contributed by atoms with Gasteiger partial charge in [-0.05, 0) is 23.8 Å². The van der Waals surface area contributed by atoms with Crippen molar-refractivity contribution in [3.63, 3.8) is 0 Å². The molecule has 2 aromatic heterocycles. The van der Waals surface area contributed by atoms with Crippen LogP contribution in [0.25, 0.3) is 11.2 Å². The Morgan fingerprint density at radius 2 is 1.90 bits per heavy atom. The zero-order chi connectivity index (χ0) is 20.9. The van der Waals surface area contributed by atoms with Crippen LogP contribution in [0.1, 0.15) is 31.2 Å². The van der Waals surface area contributed by atoms with Crippen LogP contribution in [0.2, 0.25) is 0 Å². The summed E-state index contributed by atoms with van der Waals surface area (Å²) in [5.41, 5.74) is 6.34. The van der Waals surface area contributed by atoms with E-state index in [9.17, 15) is 15.3 Å². The standard InChI is InChI=1S/C21H25N5O4/c22-18-15-19(24-11-23-18)26(12-25-15)21(17(29)16(28)14(9-27)30-21)10-20(7-4-8-20)13-5-2-1-3-6-13/h1-3,5-6,11-12,14,16-17,27-29H,4,7-10H2,(H2,22,23,24)/t14-,16-,17-,21-/m1/s1. The van der Waals surface area contributed by atoms with Crippen molar-refractivity contribution in [2.45, 2.75) is 55.1 Å². The number of aromatic nitrogens is 4. The van der Waals surface area contributed by atoms with Gasteiger partial charge >= 0.3 is 0 Å². The number of benzene rings is 1. The van der Waals surface area contributed by atoms with Gasteiger partial charge in [0.05, 0.1) is 12.9 Å². The molecule has 9 nitrogen and oxygen atoms in total. The molecule has 3 heterocycles. The second kappa shape index (κ2) is 6.98. The van der Waals surface area contributed by atoms with Gasteiger partial charge in [-0.25, -0.2) is 15.0 Å². The van der Waals surface area contributed by atoms with Crippen LogP contribution in [-0.4, -0.2) is 59.8 Å². The number of anilines is 1. The van der Waals surface area contributed by atoms with Crippen molar-refractivity contribution in [1.29, 1.82) is 0 Å². The molecule has 1 aliphatic heterocycles. The highest BCUT2D eigenvalue weighted by Gasteiger charge is 2.60. The Bertz CT molecular complexity index is 1050. The van der Waals surface area contributed by atoms with Crippen molar-refractivity contribution < 1.29 is 20.1 Å². The number of imidazole rings is 1. The molecule has 0 radical (unpaired) electrons. The van der Waals surface area contributed by atoms with Gasteiger partial charge < -0.3 is 25.8 Å². The highest BCUT2D eigenvalue weighted by atomic mass is 16.6. The molecule has 1 saturated heterocycles. The second-order valence-electron chi connectivity index (χ2n) is 8.34. The quantitative estimate of drug-likeness (QED) is 0.481. The summed E-state index contributed by atoms with van der Waals surface area (Å²) < 4.78 is 7.89. The molecule has 0 bridgehead atoms. The Kier molecular flexibility index (Phi) is 4.51. The van der Waals surface area contributed by atoms with Crippen molar-refractivity contribution in [3.05, 3.63) is 48.5 Å². The zero-order valence-electron chi connectivity index (χ0n) is 16.4. The molecule has 2 aliphatic rings. The fourth-order valence-corrected chi connectivity index (χ4v) is 5.03. The molecule has 30 heavy (non-hydrogen) atoms. The SMILES string of the molecule is Nc1ncnc2c1ncn2[C@]1(CC2(c3ccccc3)CCC2)O[C@H](CO)[C@@H](O)[C@H]1O. The fourth-order valence-electron chi connectivity index (χ4n) is 5.03. The molecule has 5 rings (SSSR count). The van der Waals surface area contributed by atoms with E-state index >= 15 is 0 Å². The number of nitrogens with two attached hydrogens (primary N) is 1. The maximum atomic E-state index is 11.2. The molecule has 1 saturated carbocycles. The molecule has 5 N–H and O–H groups in total. The monoisotopic (exact) mass is 411 g/mol. The number of nitrogens with zero attached hydrogens (tertiary/aromatic N) is 4. The molecule has 0 spiro atoms. The minimum atomic E-state index is -1.36. The lowest BCUT2D eigenvalue weighted by molar-refractivity contribution is -0.166. The molecule has 2 fully saturated rings. The number of nitrogen functional groups attached to an aromatic ring is 1. The predicted octanol–water partition coefficient (Wildman–Crippen LogP) is 0.686. The summed E-state index contributed by atoms with van der Waals surface area (Å²) in [5, 5.41) is 31.6. The third-order valence-corrected chi connectivity index (χ3v) is 6.76. The summed E-state index contributed by atoms with van der Waals surface area (Å²) in [5.74, 6) is 0.224. The molecule has 158 valence electrons. The van der Waals surface area contributed by atoms with Crippen LogP contribution >= 0.6 is 0 Å². The molecule has 9 heteroatoms. The lowest BCUT2D eigenvalue weighted by Gasteiger charge is -2.48. The van der Waals surface area contributed by atoms with Crippen molar-refractivity contribution in [3.8, 4) is 0 Å². The van der Waals surface area contributed by atoms with E-state index in [-0.39, 0.29) is 11.2 Å². The fraction of sp³-hybridized carbons (Fsp3) is 0.476. The number of hydrogen-bond donors (Lipinski definition) is 4. The molecule has 0 unspecified atom stereocenters. The molecule has 0 amide bonds. The van der Waals surface area contributed by atoms with Crippen LogP contribution in [0.15, 0.2) is 43.0 Å². The second-order valence-corrected chi connectivity index (χ2v) is 8.34. The van der Waals surface area contributed by atoms with Gasteiger partial charge in [-0.1, -0.05) is 36.8 Å². The molecular weight excluding hydrogens is 386 g/mol. The van der Waals surface area contributed by atoms with Crippen LogP contribution < -0.4 is 5.73 Å². The first-order chi connectivity index (χ1) is 14.5. The van der Waals surface area contributed by atoms with Crippen LogP contribution in [0.3, 0.4) is 0 Å². The number of fused-ring (bicyclic) bond motifs is 1. The highest BCUT2D eigenvalue weighted by Crippen LogP contribution is 2.54. The number of aliphatic hydroxyl groups excluding tert-OH is 3. The lowest BCUT2D eigenvalue weighted by Crippen LogP contribution is -2.52. The topological polar surface area (TPSA) is 140 Å². The molecule has 1 aromatic carbocycles. The van der Waals surface area contributed by atoms with Crippen molar-refractivity contribution >= 4 is 17.0 Å². The van der Waals surface area contributed by atoms with Gasteiger partial charge in [-0.15, -0.1) is 0 Å². The van der Waals surface area contributed by atoms with E-state index < -0.39 is 30.6 Å². The van der Waals surface area contributed by atoms with Crippen molar-refractivity contribution in [2.24, 2.45) is 0 Å². The Hall–Kier alpha value is -2.59. The average Bonchev–Trinajstić information content (AvgIpc) is 3.28. The highest BCUT2D eigenvalue weighted by molar-refractivity contribution is 5.81. The average molecular weight is 411 g/mol. The Balaban J connectivity index is 1.67. The summed E-state index contributed by atoms with van der Waals surface area (Å²) >= 11 is 0.